The maximum absolute atomic E-state index is 13.2. The molecule has 0 unspecified atom stereocenters. The van der Waals surface area contributed by atoms with Gasteiger partial charge in [-0.1, -0.05) is 36.4 Å². The minimum Gasteiger partial charge on any atom is -0.464 e. The van der Waals surface area contributed by atoms with Gasteiger partial charge in [0.2, 0.25) is 0 Å². The SMILES string of the molecule is Cc1cccc(C)c1CNc1cc(C(=O)NCCOC(=O)CCCC(=O)OCCNC(=O)c2cc(NCc3c(C)cccc3C)c3nc(C)c(C)n3c2)cn2c(C)c(C)nc12. The van der Waals surface area contributed by atoms with Gasteiger partial charge in [-0.25, -0.2) is 9.97 Å². The van der Waals surface area contributed by atoms with Crippen LogP contribution in [0.1, 0.15) is 96.1 Å². The van der Waals surface area contributed by atoms with Gasteiger partial charge in [0.15, 0.2) is 11.3 Å². The summed E-state index contributed by atoms with van der Waals surface area (Å²) in [6, 6.07) is 16.0. The number of esters is 2. The first kappa shape index (κ1) is 43.9. The van der Waals surface area contributed by atoms with Crippen LogP contribution >= 0.6 is 0 Å². The molecule has 6 aromatic rings. The Kier molecular flexibility index (Phi) is 14.1. The van der Waals surface area contributed by atoms with Crippen molar-refractivity contribution in [3.63, 3.8) is 0 Å². The predicted molar refractivity (Wildman–Crippen MR) is 236 cm³/mol. The molecule has 0 aliphatic rings. The van der Waals surface area contributed by atoms with E-state index in [0.717, 1.165) is 45.4 Å². The van der Waals surface area contributed by atoms with Gasteiger partial charge in [0.25, 0.3) is 11.8 Å². The Balaban J connectivity index is 0.906. The van der Waals surface area contributed by atoms with Crippen LogP contribution in [0, 0.1) is 55.4 Å². The minimum absolute atomic E-state index is 0.0144. The Bertz CT molecular complexity index is 2390. The number of benzene rings is 2. The summed E-state index contributed by atoms with van der Waals surface area (Å²) in [5.74, 6) is -1.59. The summed E-state index contributed by atoms with van der Waals surface area (Å²) in [5.41, 5.74) is 14.5. The molecule has 2 aromatic carbocycles. The standard InChI is InChI=1S/C47H56N8O6/c1-28-12-9-13-29(2)38(28)24-50-40-22-36(26-54-34(7)32(5)52-44(40)54)46(58)48-18-20-60-42(56)16-11-17-43(57)61-21-19-49-47(59)37-23-41(45-53-33(6)35(8)55(45)27-37)51-25-39-30(3)14-10-15-31(39)4/h9-10,12-15,22-23,26-27,50-51H,11,16-21,24-25H2,1-8H3,(H,48,58)(H,49,59). The average molecular weight is 829 g/mol. The van der Waals surface area contributed by atoms with Crippen LogP contribution in [0.3, 0.4) is 0 Å². The zero-order chi connectivity index (χ0) is 43.8. The first-order valence-corrected chi connectivity index (χ1v) is 20.7. The van der Waals surface area contributed by atoms with Crippen molar-refractivity contribution in [2.75, 3.05) is 36.9 Å². The molecule has 0 aliphatic carbocycles. The van der Waals surface area contributed by atoms with Crippen LogP contribution in [0.4, 0.5) is 11.4 Å². The summed E-state index contributed by atoms with van der Waals surface area (Å²) in [6.45, 7) is 17.5. The highest BCUT2D eigenvalue weighted by atomic mass is 16.5. The predicted octanol–water partition coefficient (Wildman–Crippen LogP) is 7.09. The van der Waals surface area contributed by atoms with Gasteiger partial charge in [0, 0.05) is 49.7 Å². The number of carbonyl (C=O) groups excluding carboxylic acids is 4. The Labute approximate surface area is 356 Å². The molecule has 0 fully saturated rings. The monoisotopic (exact) mass is 828 g/mol. The highest BCUT2D eigenvalue weighted by Crippen LogP contribution is 2.26. The van der Waals surface area contributed by atoms with E-state index in [1.165, 1.54) is 33.4 Å². The van der Waals surface area contributed by atoms with Crippen LogP contribution in [0.25, 0.3) is 11.3 Å². The molecule has 320 valence electrons. The first-order valence-electron chi connectivity index (χ1n) is 20.7. The third-order valence-electron chi connectivity index (χ3n) is 11.2. The highest BCUT2D eigenvalue weighted by molar-refractivity contribution is 5.97. The Morgan fingerprint density at radius 2 is 0.951 bits per heavy atom. The topological polar surface area (TPSA) is 169 Å². The fraction of sp³-hybridized carbons (Fsp3) is 0.362. The van der Waals surface area contributed by atoms with Crippen molar-refractivity contribution in [3.8, 4) is 0 Å². The molecule has 0 atom stereocenters. The van der Waals surface area contributed by atoms with Crippen LogP contribution in [0.15, 0.2) is 60.9 Å². The second-order valence-electron chi connectivity index (χ2n) is 15.5. The molecule has 14 nitrogen and oxygen atoms in total. The van der Waals surface area contributed by atoms with Gasteiger partial charge in [-0.05, 0) is 107 Å². The summed E-state index contributed by atoms with van der Waals surface area (Å²) in [7, 11) is 0. The zero-order valence-corrected chi connectivity index (χ0v) is 36.4. The summed E-state index contributed by atoms with van der Waals surface area (Å²) in [5, 5.41) is 12.6. The third kappa shape index (κ3) is 10.6. The quantitative estimate of drug-likeness (QED) is 0.0519. The Morgan fingerprint density at radius 3 is 1.33 bits per heavy atom. The van der Waals surface area contributed by atoms with E-state index in [0.29, 0.717) is 24.2 Å². The molecule has 4 heterocycles. The molecule has 4 N–H and O–H groups in total. The number of aryl methyl sites for hydroxylation is 8. The smallest absolute Gasteiger partial charge is 0.305 e. The van der Waals surface area contributed by atoms with Crippen LogP contribution in [-0.2, 0) is 32.2 Å². The molecule has 6 rings (SSSR count). The van der Waals surface area contributed by atoms with Crippen LogP contribution in [0.5, 0.6) is 0 Å². The second kappa shape index (κ2) is 19.6. The number of aromatic nitrogens is 4. The zero-order valence-electron chi connectivity index (χ0n) is 36.4. The number of rotatable bonds is 18. The van der Waals surface area contributed by atoms with Crippen LogP contribution < -0.4 is 21.3 Å². The first-order chi connectivity index (χ1) is 29.2. The average Bonchev–Trinajstić information content (AvgIpc) is 3.69. The molecule has 0 radical (unpaired) electrons. The number of imidazole rings is 2. The van der Waals surface area contributed by atoms with Gasteiger partial charge in [-0.2, -0.15) is 0 Å². The van der Waals surface area contributed by atoms with E-state index in [4.69, 9.17) is 19.4 Å². The van der Waals surface area contributed by atoms with E-state index in [-0.39, 0.29) is 57.4 Å². The van der Waals surface area contributed by atoms with Crippen molar-refractivity contribution in [1.82, 2.24) is 29.4 Å². The molecule has 0 saturated carbocycles. The highest BCUT2D eigenvalue weighted by Gasteiger charge is 2.18. The molecular formula is C47H56N8O6. The van der Waals surface area contributed by atoms with Gasteiger partial charge >= 0.3 is 11.9 Å². The van der Waals surface area contributed by atoms with E-state index < -0.39 is 11.9 Å². The number of fused-ring (bicyclic) bond motifs is 2. The number of amides is 2. The summed E-state index contributed by atoms with van der Waals surface area (Å²) < 4.78 is 14.4. The number of carbonyl (C=O) groups is 4. The number of ether oxygens (including phenoxy) is 2. The van der Waals surface area contributed by atoms with Crippen molar-refractivity contribution in [1.29, 1.82) is 0 Å². The van der Waals surface area contributed by atoms with E-state index in [2.05, 4.69) is 73.2 Å². The lowest BCUT2D eigenvalue weighted by molar-refractivity contribution is -0.145. The van der Waals surface area contributed by atoms with E-state index in [1.54, 1.807) is 24.5 Å². The third-order valence-corrected chi connectivity index (χ3v) is 11.2. The van der Waals surface area contributed by atoms with Crippen molar-refractivity contribution < 1.29 is 28.7 Å². The Hall–Kier alpha value is -6.70. The lowest BCUT2D eigenvalue weighted by Crippen LogP contribution is -2.28. The molecule has 0 saturated heterocycles. The normalized spacial score (nSPS) is 11.1. The maximum atomic E-state index is 13.2. The second-order valence-corrected chi connectivity index (χ2v) is 15.5. The maximum Gasteiger partial charge on any atom is 0.305 e. The molecule has 14 heteroatoms. The van der Waals surface area contributed by atoms with Crippen molar-refractivity contribution in [2.24, 2.45) is 0 Å². The van der Waals surface area contributed by atoms with Gasteiger partial charge in [0.1, 0.15) is 13.2 Å². The minimum atomic E-state index is -0.485. The Morgan fingerprint density at radius 1 is 0.574 bits per heavy atom. The van der Waals surface area contributed by atoms with Crippen molar-refractivity contribution in [2.45, 2.75) is 87.7 Å². The lowest BCUT2D eigenvalue weighted by Gasteiger charge is -2.14. The molecule has 2 amide bonds. The number of nitrogens with zero attached hydrogens (tertiary/aromatic N) is 4. The van der Waals surface area contributed by atoms with Crippen molar-refractivity contribution in [3.05, 3.63) is 128 Å². The fourth-order valence-electron chi connectivity index (χ4n) is 7.26. The molecule has 61 heavy (non-hydrogen) atoms. The van der Waals surface area contributed by atoms with Gasteiger partial charge in [0.05, 0.1) is 47.0 Å². The molecular weight excluding hydrogens is 773 g/mol. The number of hydrogen-bond donors (Lipinski definition) is 4. The largest absolute Gasteiger partial charge is 0.464 e. The van der Waals surface area contributed by atoms with Gasteiger partial charge in [-0.15, -0.1) is 0 Å². The number of nitrogens with one attached hydrogen (secondary N) is 4. The van der Waals surface area contributed by atoms with Gasteiger partial charge in [-0.3, -0.25) is 19.2 Å². The van der Waals surface area contributed by atoms with E-state index in [1.807, 2.05) is 48.6 Å². The number of hydrogen-bond acceptors (Lipinski definition) is 10. The van der Waals surface area contributed by atoms with Crippen LogP contribution in [-0.4, -0.2) is 68.8 Å². The van der Waals surface area contributed by atoms with Gasteiger partial charge < -0.3 is 39.5 Å². The van der Waals surface area contributed by atoms with Crippen LogP contribution in [0.2, 0.25) is 0 Å². The molecule has 4 aromatic heterocycles. The summed E-state index contributed by atoms with van der Waals surface area (Å²) in [4.78, 5) is 60.7. The molecule has 0 spiro atoms. The number of pyridine rings is 2. The lowest BCUT2D eigenvalue weighted by atomic mass is 10.0. The fourth-order valence-corrected chi connectivity index (χ4v) is 7.26. The molecule has 0 aliphatic heterocycles. The van der Waals surface area contributed by atoms with Crippen molar-refractivity contribution >= 4 is 46.4 Å². The number of anilines is 2. The summed E-state index contributed by atoms with van der Waals surface area (Å²) in [6.07, 6.45) is 3.78. The summed E-state index contributed by atoms with van der Waals surface area (Å²) >= 11 is 0. The van der Waals surface area contributed by atoms with E-state index in [9.17, 15) is 19.2 Å². The van der Waals surface area contributed by atoms with E-state index >= 15 is 0 Å². The molecule has 0 bridgehead atoms.